The van der Waals surface area contributed by atoms with E-state index in [1.165, 1.54) is 0 Å². The van der Waals surface area contributed by atoms with E-state index in [-0.39, 0.29) is 35.6 Å². The fraction of sp³-hybridized carbons (Fsp3) is 0.192. The van der Waals surface area contributed by atoms with E-state index in [0.29, 0.717) is 26.1 Å². The fourth-order valence-electron chi connectivity index (χ4n) is 8.86. The van der Waals surface area contributed by atoms with E-state index in [4.69, 9.17) is 4.98 Å². The van der Waals surface area contributed by atoms with Gasteiger partial charge >= 0.3 is 0 Å². The Hall–Kier alpha value is -7.06. The first-order valence-electron chi connectivity index (χ1n) is 20.9. The molecular formula is C52H47N5O3. The smallest absolute Gasteiger partial charge is 0.235 e. The van der Waals surface area contributed by atoms with E-state index in [2.05, 4.69) is 34.6 Å². The molecule has 60 heavy (non-hydrogen) atoms. The first-order chi connectivity index (χ1) is 29.5. The number of hydrogen-bond donors (Lipinski definition) is 2. The van der Waals surface area contributed by atoms with Crippen LogP contribution < -0.4 is 5.32 Å². The Morgan fingerprint density at radius 3 is 1.58 bits per heavy atom. The molecule has 2 saturated heterocycles. The van der Waals surface area contributed by atoms with Gasteiger partial charge in [-0.05, 0) is 70.3 Å². The molecule has 2 fully saturated rings. The molecule has 0 aliphatic carbocycles. The average Bonchev–Trinajstić information content (AvgIpc) is 4.11. The molecule has 2 aliphatic rings. The van der Waals surface area contributed by atoms with Crippen molar-refractivity contribution in [2.24, 2.45) is 5.92 Å². The van der Waals surface area contributed by atoms with Gasteiger partial charge in [-0.1, -0.05) is 158 Å². The Bertz CT molecular complexity index is 2460. The minimum absolute atomic E-state index is 0.0229. The number of nitrogens with zero attached hydrogens (tertiary/aromatic N) is 3. The van der Waals surface area contributed by atoms with Crippen LogP contribution in [-0.2, 0) is 14.4 Å². The van der Waals surface area contributed by atoms with Crippen LogP contribution in [0.2, 0.25) is 0 Å². The number of amides is 3. The number of H-pyrrole nitrogens is 1. The van der Waals surface area contributed by atoms with Crippen LogP contribution >= 0.6 is 0 Å². The van der Waals surface area contributed by atoms with Crippen LogP contribution in [0, 0.1) is 5.92 Å². The molecule has 0 bridgehead atoms. The summed E-state index contributed by atoms with van der Waals surface area (Å²) in [5.41, 5.74) is 8.58. The quantitative estimate of drug-likeness (QED) is 0.136. The van der Waals surface area contributed by atoms with E-state index in [1.807, 2.05) is 162 Å². The molecule has 6 aromatic carbocycles. The number of aromatic amines is 1. The summed E-state index contributed by atoms with van der Waals surface area (Å²) in [6, 6.07) is 55.8. The lowest BCUT2D eigenvalue weighted by Gasteiger charge is -2.28. The Balaban J connectivity index is 0.825. The highest BCUT2D eigenvalue weighted by Crippen LogP contribution is 2.37. The minimum atomic E-state index is -0.410. The van der Waals surface area contributed by atoms with Crippen molar-refractivity contribution in [3.8, 4) is 22.4 Å². The lowest BCUT2D eigenvalue weighted by molar-refractivity contribution is -0.133. The van der Waals surface area contributed by atoms with Crippen molar-refractivity contribution in [1.82, 2.24) is 19.8 Å². The number of aromatic nitrogens is 2. The maximum Gasteiger partial charge on any atom is 0.235 e. The molecule has 298 valence electrons. The van der Waals surface area contributed by atoms with Crippen LogP contribution in [-0.4, -0.2) is 57.1 Å². The van der Waals surface area contributed by atoms with E-state index >= 15 is 0 Å². The summed E-state index contributed by atoms with van der Waals surface area (Å²) in [7, 11) is 0. The van der Waals surface area contributed by atoms with E-state index in [1.54, 1.807) is 0 Å². The molecule has 1 aromatic heterocycles. The predicted octanol–water partition coefficient (Wildman–Crippen LogP) is 9.86. The first-order valence-corrected chi connectivity index (χ1v) is 20.9. The van der Waals surface area contributed by atoms with Gasteiger partial charge in [0.2, 0.25) is 17.7 Å². The number of imidazole rings is 1. The summed E-state index contributed by atoms with van der Waals surface area (Å²) >= 11 is 0. The van der Waals surface area contributed by atoms with Crippen molar-refractivity contribution >= 4 is 23.4 Å². The molecule has 7 aromatic rings. The maximum atomic E-state index is 14.3. The number of benzene rings is 6. The van der Waals surface area contributed by atoms with Gasteiger partial charge in [-0.25, -0.2) is 4.98 Å². The van der Waals surface area contributed by atoms with Gasteiger partial charge in [0.15, 0.2) is 0 Å². The molecule has 3 amide bonds. The summed E-state index contributed by atoms with van der Waals surface area (Å²) in [5, 5.41) is 3.09. The second-order valence-electron chi connectivity index (χ2n) is 15.8. The summed E-state index contributed by atoms with van der Waals surface area (Å²) < 4.78 is 0. The van der Waals surface area contributed by atoms with E-state index in [9.17, 15) is 14.4 Å². The number of anilines is 1. The van der Waals surface area contributed by atoms with Crippen molar-refractivity contribution in [3.63, 3.8) is 0 Å². The topological polar surface area (TPSA) is 98.4 Å². The molecule has 2 N–H and O–H groups in total. The molecule has 8 nitrogen and oxygen atoms in total. The number of carbonyl (C=O) groups is 3. The highest BCUT2D eigenvalue weighted by molar-refractivity contribution is 5.94. The van der Waals surface area contributed by atoms with Crippen molar-refractivity contribution in [2.45, 2.75) is 37.1 Å². The van der Waals surface area contributed by atoms with Gasteiger partial charge in [0.25, 0.3) is 0 Å². The number of likely N-dealkylation sites (tertiary alicyclic amines) is 2. The molecule has 2 atom stereocenters. The zero-order valence-electron chi connectivity index (χ0n) is 33.4. The molecule has 0 spiro atoms. The lowest BCUT2D eigenvalue weighted by Crippen LogP contribution is -2.35. The largest absolute Gasteiger partial charge is 0.341 e. The van der Waals surface area contributed by atoms with Crippen LogP contribution in [0.5, 0.6) is 0 Å². The first kappa shape index (κ1) is 38.5. The minimum Gasteiger partial charge on any atom is -0.341 e. The van der Waals surface area contributed by atoms with Gasteiger partial charge in [-0.3, -0.25) is 14.4 Å². The van der Waals surface area contributed by atoms with Crippen LogP contribution in [0.25, 0.3) is 22.4 Å². The van der Waals surface area contributed by atoms with Crippen molar-refractivity contribution in [3.05, 3.63) is 204 Å². The van der Waals surface area contributed by atoms with Gasteiger partial charge in [-0.15, -0.1) is 0 Å². The highest BCUT2D eigenvalue weighted by atomic mass is 16.2. The predicted molar refractivity (Wildman–Crippen MR) is 236 cm³/mol. The number of hydrogen-bond acceptors (Lipinski definition) is 4. The molecule has 9 rings (SSSR count). The van der Waals surface area contributed by atoms with Gasteiger partial charge in [0.05, 0.1) is 35.7 Å². The zero-order chi connectivity index (χ0) is 40.8. The van der Waals surface area contributed by atoms with Crippen molar-refractivity contribution in [1.29, 1.82) is 0 Å². The fourth-order valence-corrected chi connectivity index (χ4v) is 8.86. The molecular weight excluding hydrogens is 743 g/mol. The molecule has 0 saturated carbocycles. The third-order valence-corrected chi connectivity index (χ3v) is 12.0. The van der Waals surface area contributed by atoms with Crippen LogP contribution in [0.15, 0.2) is 176 Å². The Labute approximate surface area is 350 Å². The standard InChI is InChI=1S/C52H47N5O3/c58-50(43-31-33-56(35-43)51(59)47(39-14-5-1-6-15-39)40-16-7-2-8-17-40)54-44-29-27-37(28-30-44)36-23-25-38(26-24-36)45-34-53-49(55-45)46-22-13-32-57(46)52(60)48(41-18-9-3-10-19-41)42-20-11-4-12-21-42/h1-12,14-21,23-30,34,43,46-48H,13,22,31-33,35H2,(H,53,55)(H,54,58)/t43-,46-/m0/s1. The molecule has 0 unspecified atom stereocenters. The molecule has 8 heteroatoms. The summed E-state index contributed by atoms with van der Waals surface area (Å²) in [4.78, 5) is 53.8. The molecule has 0 radical (unpaired) electrons. The summed E-state index contributed by atoms with van der Waals surface area (Å²) in [5.74, 6) is -0.228. The number of rotatable bonds is 11. The van der Waals surface area contributed by atoms with Gasteiger partial charge < -0.3 is 20.1 Å². The Kier molecular flexibility index (Phi) is 11.2. The van der Waals surface area contributed by atoms with Gasteiger partial charge in [0, 0.05) is 25.3 Å². The van der Waals surface area contributed by atoms with Gasteiger partial charge in [0.1, 0.15) is 5.82 Å². The van der Waals surface area contributed by atoms with Gasteiger partial charge in [-0.2, -0.15) is 0 Å². The number of nitrogens with one attached hydrogen (secondary N) is 2. The lowest BCUT2D eigenvalue weighted by atomic mass is 9.90. The summed E-state index contributed by atoms with van der Waals surface area (Å²) in [6.07, 6.45) is 4.26. The average molecular weight is 790 g/mol. The normalized spacial score (nSPS) is 16.4. The third-order valence-electron chi connectivity index (χ3n) is 12.0. The van der Waals surface area contributed by atoms with Crippen LogP contribution in [0.4, 0.5) is 5.69 Å². The van der Waals surface area contributed by atoms with Crippen molar-refractivity contribution < 1.29 is 14.4 Å². The van der Waals surface area contributed by atoms with Crippen molar-refractivity contribution in [2.75, 3.05) is 25.0 Å². The SMILES string of the molecule is O=C(Nc1ccc(-c2ccc(-c3cnc([C@@H]4CCCN4C(=O)C(c4ccccc4)c4ccccc4)[nH]3)cc2)cc1)[C@H]1CCN(C(=O)C(c2ccccc2)c2ccccc2)C1. The Morgan fingerprint density at radius 2 is 1.05 bits per heavy atom. The van der Waals surface area contributed by atoms with E-state index in [0.717, 1.165) is 69.0 Å². The molecule has 3 heterocycles. The Morgan fingerprint density at radius 1 is 0.567 bits per heavy atom. The number of carbonyl (C=O) groups excluding carboxylic acids is 3. The zero-order valence-corrected chi connectivity index (χ0v) is 33.4. The second kappa shape index (κ2) is 17.4. The maximum absolute atomic E-state index is 14.3. The molecule has 2 aliphatic heterocycles. The van der Waals surface area contributed by atoms with E-state index < -0.39 is 5.92 Å². The summed E-state index contributed by atoms with van der Waals surface area (Å²) in [6.45, 7) is 1.63. The second-order valence-corrected chi connectivity index (χ2v) is 15.8. The van der Waals surface area contributed by atoms with Crippen LogP contribution in [0.1, 0.15) is 65.2 Å². The monoisotopic (exact) mass is 789 g/mol. The van der Waals surface area contributed by atoms with Crippen LogP contribution in [0.3, 0.4) is 0 Å². The third kappa shape index (κ3) is 8.14. The highest BCUT2D eigenvalue weighted by Gasteiger charge is 2.37.